The number of hydrogen-bond donors (Lipinski definition) is 4. The van der Waals surface area contributed by atoms with Gasteiger partial charge in [-0.25, -0.2) is 0 Å². The van der Waals surface area contributed by atoms with Crippen molar-refractivity contribution in [2.75, 3.05) is 13.2 Å². The lowest BCUT2D eigenvalue weighted by atomic mass is 9.92. The first kappa shape index (κ1) is 22.0. The van der Waals surface area contributed by atoms with Crippen molar-refractivity contribution >= 4 is 11.7 Å². The second-order valence-electron chi connectivity index (χ2n) is 6.92. The van der Waals surface area contributed by atoms with Gasteiger partial charge in [-0.2, -0.15) is 0 Å². The van der Waals surface area contributed by atoms with E-state index >= 15 is 0 Å². The molecule has 0 saturated carbocycles. The minimum absolute atomic E-state index is 0.0205. The summed E-state index contributed by atoms with van der Waals surface area (Å²) in [7, 11) is 0. The van der Waals surface area contributed by atoms with E-state index in [4.69, 9.17) is 14.9 Å². The Bertz CT molecular complexity index is 791. The lowest BCUT2D eigenvalue weighted by Crippen LogP contribution is -2.48. The molecule has 2 fully saturated rings. The zero-order chi connectivity index (χ0) is 20.9. The van der Waals surface area contributed by atoms with Gasteiger partial charge in [-0.05, 0) is 31.9 Å². The third-order valence-corrected chi connectivity index (χ3v) is 4.80. The molecule has 0 aromatic heterocycles. The fourth-order valence-corrected chi connectivity index (χ4v) is 3.15. The largest absolute Gasteiger partial charge is 0.396 e. The summed E-state index contributed by atoms with van der Waals surface area (Å²) >= 11 is 0. The van der Waals surface area contributed by atoms with Gasteiger partial charge in [0.15, 0.2) is 11.8 Å². The van der Waals surface area contributed by atoms with Crippen LogP contribution in [0.15, 0.2) is 59.3 Å². The minimum Gasteiger partial charge on any atom is -0.396 e. The summed E-state index contributed by atoms with van der Waals surface area (Å²) in [5.41, 5.74) is -1.31. The van der Waals surface area contributed by atoms with Crippen molar-refractivity contribution in [3.05, 3.63) is 59.3 Å². The van der Waals surface area contributed by atoms with Crippen LogP contribution in [0.25, 0.3) is 0 Å². The number of aliphatic hydroxyl groups excluding tert-OH is 2. The monoisotopic (exact) mass is 389 g/mol. The second kappa shape index (κ2) is 8.79. The molecule has 152 valence electrons. The second-order valence-corrected chi connectivity index (χ2v) is 6.92. The van der Waals surface area contributed by atoms with E-state index in [9.17, 15) is 14.7 Å². The number of carbonyl (C=O) groups excluding carboxylic acids is 2. The summed E-state index contributed by atoms with van der Waals surface area (Å²) in [4.78, 5) is 24.8. The molecule has 7 heteroatoms. The van der Waals surface area contributed by atoms with Crippen molar-refractivity contribution in [3.8, 4) is 0 Å². The summed E-state index contributed by atoms with van der Waals surface area (Å²) in [5, 5.41) is 30.8. The van der Waals surface area contributed by atoms with Crippen molar-refractivity contribution in [1.29, 1.82) is 0 Å². The van der Waals surface area contributed by atoms with Crippen molar-refractivity contribution < 1.29 is 29.6 Å². The predicted molar refractivity (Wildman–Crippen MR) is 104 cm³/mol. The van der Waals surface area contributed by atoms with Gasteiger partial charge in [0.25, 0.3) is 5.91 Å². The van der Waals surface area contributed by atoms with Gasteiger partial charge in [0, 0.05) is 13.0 Å². The number of Topliss-reactive ketones (excluding diaryl/α,β-unsaturated/α-hetero) is 1. The predicted octanol–water partition coefficient (Wildman–Crippen LogP) is 0.837. The first-order chi connectivity index (χ1) is 13.2. The Hall–Kier alpha value is -2.32. The maximum absolute atomic E-state index is 12.7. The van der Waals surface area contributed by atoms with Gasteiger partial charge in [-0.1, -0.05) is 48.1 Å². The van der Waals surface area contributed by atoms with Gasteiger partial charge >= 0.3 is 0 Å². The molecule has 28 heavy (non-hydrogen) atoms. The molecule has 3 atom stereocenters. The van der Waals surface area contributed by atoms with Crippen molar-refractivity contribution in [2.45, 2.75) is 44.6 Å². The summed E-state index contributed by atoms with van der Waals surface area (Å²) in [6, 6.07) is 0. The average Bonchev–Trinajstić information content (AvgIpc) is 3.38. The Morgan fingerprint density at radius 3 is 2.54 bits per heavy atom. The number of amides is 1. The molecule has 4 N–H and O–H groups in total. The molecule has 0 aromatic rings. The smallest absolute Gasteiger partial charge is 0.265 e. The molecule has 2 heterocycles. The van der Waals surface area contributed by atoms with Crippen LogP contribution in [0.1, 0.15) is 27.2 Å². The summed E-state index contributed by atoms with van der Waals surface area (Å²) in [6.45, 7) is 4.97. The normalized spacial score (nSPS) is 30.9. The molecule has 0 spiro atoms. The molecule has 1 amide bonds. The quantitative estimate of drug-likeness (QED) is 0.201. The highest BCUT2D eigenvalue weighted by Gasteiger charge is 2.80. The highest BCUT2D eigenvalue weighted by Crippen LogP contribution is 2.50. The van der Waals surface area contributed by atoms with Crippen LogP contribution in [0, 0.1) is 0 Å². The van der Waals surface area contributed by atoms with Crippen LogP contribution in [0.5, 0.6) is 0 Å². The first-order valence-electron chi connectivity index (χ1n) is 9.09. The van der Waals surface area contributed by atoms with Crippen LogP contribution in [-0.2, 0) is 14.3 Å². The Balaban J connectivity index is 2.01. The SMILES string of the molecule is C\C=C(/C=C(C)/C=C/C=C/C=C(\C)C(=O)[C@]12O[C@H]1C(O)(CCO)NC2=O)CO. The van der Waals surface area contributed by atoms with E-state index in [0.717, 1.165) is 11.1 Å². The van der Waals surface area contributed by atoms with Gasteiger partial charge < -0.3 is 25.4 Å². The summed E-state index contributed by atoms with van der Waals surface area (Å²) in [6.07, 6.45) is 11.2. The van der Waals surface area contributed by atoms with E-state index in [0.29, 0.717) is 5.57 Å². The summed E-state index contributed by atoms with van der Waals surface area (Å²) < 4.78 is 5.29. The molecule has 0 bridgehead atoms. The molecular weight excluding hydrogens is 362 g/mol. The van der Waals surface area contributed by atoms with E-state index in [2.05, 4.69) is 5.32 Å². The number of fused-ring (bicyclic) bond motifs is 1. The van der Waals surface area contributed by atoms with Gasteiger partial charge in [0.1, 0.15) is 0 Å². The zero-order valence-electron chi connectivity index (χ0n) is 16.3. The molecule has 1 unspecified atom stereocenters. The van der Waals surface area contributed by atoms with E-state index in [-0.39, 0.29) is 19.6 Å². The molecule has 2 saturated heterocycles. The number of epoxide rings is 1. The number of morpholine rings is 1. The van der Waals surface area contributed by atoms with Crippen molar-refractivity contribution in [1.82, 2.24) is 5.32 Å². The zero-order valence-corrected chi connectivity index (χ0v) is 16.3. The van der Waals surface area contributed by atoms with Gasteiger partial charge in [-0.3, -0.25) is 9.59 Å². The molecule has 0 aliphatic carbocycles. The van der Waals surface area contributed by atoms with Gasteiger partial charge in [0.2, 0.25) is 11.4 Å². The average molecular weight is 389 g/mol. The van der Waals surface area contributed by atoms with Crippen LogP contribution < -0.4 is 5.32 Å². The van der Waals surface area contributed by atoms with Crippen LogP contribution in [0.2, 0.25) is 0 Å². The maximum Gasteiger partial charge on any atom is 0.265 e. The molecule has 0 radical (unpaired) electrons. The number of rotatable bonds is 9. The number of aliphatic hydroxyl groups is 3. The number of hydrogen-bond acceptors (Lipinski definition) is 6. The minimum atomic E-state index is -1.72. The van der Waals surface area contributed by atoms with Crippen LogP contribution in [0.4, 0.5) is 0 Å². The Labute approximate surface area is 164 Å². The number of ether oxygens (including phenoxy) is 1. The molecule has 2 rings (SSSR count). The fraction of sp³-hybridized carbons (Fsp3) is 0.429. The van der Waals surface area contributed by atoms with Crippen LogP contribution >= 0.6 is 0 Å². The van der Waals surface area contributed by atoms with E-state index in [1.165, 1.54) is 0 Å². The number of carbonyl (C=O) groups is 2. The first-order valence-corrected chi connectivity index (χ1v) is 9.09. The third kappa shape index (κ3) is 4.23. The Morgan fingerprint density at radius 1 is 1.25 bits per heavy atom. The third-order valence-electron chi connectivity index (χ3n) is 4.80. The van der Waals surface area contributed by atoms with E-state index in [1.807, 2.05) is 32.1 Å². The number of allylic oxidation sites excluding steroid dienone is 7. The topological polar surface area (TPSA) is 119 Å². The molecule has 2 aliphatic rings. The molecular formula is C21H27NO6. The van der Waals surface area contributed by atoms with Crippen LogP contribution in [0.3, 0.4) is 0 Å². The Kier molecular flexibility index (Phi) is 6.90. The lowest BCUT2D eigenvalue weighted by molar-refractivity contribution is -0.138. The molecule has 2 aliphatic heterocycles. The maximum atomic E-state index is 12.7. The summed E-state index contributed by atoms with van der Waals surface area (Å²) in [5.74, 6) is -1.19. The number of ketones is 1. The highest BCUT2D eigenvalue weighted by atomic mass is 16.6. The van der Waals surface area contributed by atoms with Gasteiger partial charge in [-0.15, -0.1) is 0 Å². The van der Waals surface area contributed by atoms with Gasteiger partial charge in [0.05, 0.1) is 6.61 Å². The van der Waals surface area contributed by atoms with E-state index in [1.54, 1.807) is 31.2 Å². The van der Waals surface area contributed by atoms with Crippen molar-refractivity contribution in [3.63, 3.8) is 0 Å². The molecule has 0 aromatic carbocycles. The highest BCUT2D eigenvalue weighted by molar-refractivity contribution is 6.21. The van der Waals surface area contributed by atoms with E-state index < -0.39 is 29.1 Å². The van der Waals surface area contributed by atoms with Crippen molar-refractivity contribution in [2.24, 2.45) is 0 Å². The number of nitrogens with one attached hydrogen (secondary N) is 1. The fourth-order valence-electron chi connectivity index (χ4n) is 3.15. The Morgan fingerprint density at radius 2 is 1.96 bits per heavy atom. The standard InChI is InChI=1S/C21H27NO6/c1-4-16(13-24)12-14(2)8-6-5-7-9-15(3)17(25)21-18(28-21)20(27,10-11-23)22-19(21)26/h4-9,12,18,23-24,27H,10-11,13H2,1-3H3,(H,22,26)/b7-5+,8-6+,14-12+,15-9+,16-4+/t18-,20?,21-/m0/s1. The molecule has 7 nitrogen and oxygen atoms in total. The lowest BCUT2D eigenvalue weighted by Gasteiger charge is -2.22. The van der Waals surface area contributed by atoms with Crippen LogP contribution in [-0.4, -0.2) is 57.7 Å².